The number of hydrogen-bond acceptors (Lipinski definition) is 1. The third-order valence-corrected chi connectivity index (χ3v) is 4.29. The van der Waals surface area contributed by atoms with Crippen LogP contribution in [0.5, 0.6) is 5.75 Å². The van der Waals surface area contributed by atoms with Crippen molar-refractivity contribution < 1.29 is 4.74 Å². The molecule has 0 saturated carbocycles. The van der Waals surface area contributed by atoms with E-state index >= 15 is 0 Å². The summed E-state index contributed by atoms with van der Waals surface area (Å²) in [6.45, 7) is 2.10. The lowest BCUT2D eigenvalue weighted by Crippen LogP contribution is -2.11. The SMILES string of the molecule is COc1ccc(C)cc1CC(CCl)Cc1ccc(Cl)cc1. The Morgan fingerprint density at radius 3 is 2.38 bits per heavy atom. The zero-order valence-electron chi connectivity index (χ0n) is 12.4. The van der Waals surface area contributed by atoms with Crippen LogP contribution in [0.25, 0.3) is 0 Å². The second-order valence-electron chi connectivity index (χ2n) is 5.37. The summed E-state index contributed by atoms with van der Waals surface area (Å²) in [7, 11) is 1.71. The van der Waals surface area contributed by atoms with Crippen LogP contribution in [-0.2, 0) is 12.8 Å². The molecule has 0 bridgehead atoms. The second-order valence-corrected chi connectivity index (χ2v) is 6.12. The highest BCUT2D eigenvalue weighted by Crippen LogP contribution is 2.25. The first-order valence-electron chi connectivity index (χ1n) is 7.06. The van der Waals surface area contributed by atoms with E-state index in [1.807, 2.05) is 18.2 Å². The lowest BCUT2D eigenvalue weighted by Gasteiger charge is -2.17. The van der Waals surface area contributed by atoms with Crippen molar-refractivity contribution >= 4 is 23.2 Å². The smallest absolute Gasteiger partial charge is 0.122 e. The van der Waals surface area contributed by atoms with Gasteiger partial charge < -0.3 is 4.74 Å². The van der Waals surface area contributed by atoms with Crippen LogP contribution in [0.3, 0.4) is 0 Å². The monoisotopic (exact) mass is 322 g/mol. The van der Waals surface area contributed by atoms with Crippen LogP contribution < -0.4 is 4.74 Å². The zero-order valence-corrected chi connectivity index (χ0v) is 13.9. The van der Waals surface area contributed by atoms with Gasteiger partial charge in [-0.05, 0) is 55.0 Å². The number of ether oxygens (including phenoxy) is 1. The summed E-state index contributed by atoms with van der Waals surface area (Å²) in [4.78, 5) is 0. The van der Waals surface area contributed by atoms with Crippen LogP contribution in [0.2, 0.25) is 5.02 Å². The van der Waals surface area contributed by atoms with Gasteiger partial charge in [-0.2, -0.15) is 0 Å². The molecular weight excluding hydrogens is 303 g/mol. The Labute approximate surface area is 136 Å². The summed E-state index contributed by atoms with van der Waals surface area (Å²) in [5, 5.41) is 0.765. The lowest BCUT2D eigenvalue weighted by atomic mass is 9.93. The zero-order chi connectivity index (χ0) is 15.2. The number of rotatable bonds is 6. The van der Waals surface area contributed by atoms with Gasteiger partial charge in [0, 0.05) is 10.9 Å². The van der Waals surface area contributed by atoms with Gasteiger partial charge in [0.2, 0.25) is 0 Å². The molecule has 0 N–H and O–H groups in total. The molecule has 0 saturated heterocycles. The third kappa shape index (κ3) is 4.66. The Hall–Kier alpha value is -1.18. The van der Waals surface area contributed by atoms with E-state index in [4.69, 9.17) is 27.9 Å². The quantitative estimate of drug-likeness (QED) is 0.656. The predicted octanol–water partition coefficient (Wildman–Crippen LogP) is 5.30. The summed E-state index contributed by atoms with van der Waals surface area (Å²) in [5.41, 5.74) is 3.72. The average molecular weight is 323 g/mol. The molecule has 0 aliphatic rings. The molecule has 2 rings (SSSR count). The normalized spacial score (nSPS) is 12.2. The molecule has 1 unspecified atom stereocenters. The third-order valence-electron chi connectivity index (χ3n) is 3.60. The Morgan fingerprint density at radius 2 is 1.76 bits per heavy atom. The van der Waals surface area contributed by atoms with Crippen molar-refractivity contribution in [3.63, 3.8) is 0 Å². The van der Waals surface area contributed by atoms with Crippen LogP contribution in [0.4, 0.5) is 0 Å². The van der Waals surface area contributed by atoms with Gasteiger partial charge in [0.25, 0.3) is 0 Å². The van der Waals surface area contributed by atoms with Crippen molar-refractivity contribution in [2.75, 3.05) is 13.0 Å². The highest BCUT2D eigenvalue weighted by atomic mass is 35.5. The topological polar surface area (TPSA) is 9.23 Å². The molecule has 0 aliphatic heterocycles. The van der Waals surface area contributed by atoms with Gasteiger partial charge in [-0.15, -0.1) is 11.6 Å². The molecule has 1 nitrogen and oxygen atoms in total. The molecule has 0 aliphatic carbocycles. The van der Waals surface area contributed by atoms with Crippen molar-refractivity contribution in [3.8, 4) is 5.75 Å². The molecule has 2 aromatic carbocycles. The number of hydrogen-bond donors (Lipinski definition) is 0. The molecule has 112 valence electrons. The first-order valence-corrected chi connectivity index (χ1v) is 7.97. The van der Waals surface area contributed by atoms with Gasteiger partial charge in [0.1, 0.15) is 5.75 Å². The van der Waals surface area contributed by atoms with E-state index in [2.05, 4.69) is 31.2 Å². The summed E-state index contributed by atoms with van der Waals surface area (Å²) < 4.78 is 5.45. The van der Waals surface area contributed by atoms with E-state index in [-0.39, 0.29) is 0 Å². The van der Waals surface area contributed by atoms with Crippen LogP contribution in [0, 0.1) is 12.8 Å². The van der Waals surface area contributed by atoms with Crippen LogP contribution in [0.1, 0.15) is 16.7 Å². The minimum absolute atomic E-state index is 0.378. The summed E-state index contributed by atoms with van der Waals surface area (Å²) in [6.07, 6.45) is 1.86. The number of benzene rings is 2. The molecule has 21 heavy (non-hydrogen) atoms. The number of aryl methyl sites for hydroxylation is 1. The first-order chi connectivity index (χ1) is 10.1. The maximum atomic E-state index is 6.17. The molecule has 0 fully saturated rings. The van der Waals surface area contributed by atoms with Crippen molar-refractivity contribution in [2.45, 2.75) is 19.8 Å². The minimum atomic E-state index is 0.378. The van der Waals surface area contributed by atoms with Crippen LogP contribution >= 0.6 is 23.2 Å². The molecule has 0 radical (unpaired) electrons. The largest absolute Gasteiger partial charge is 0.496 e. The first kappa shape index (κ1) is 16.2. The molecule has 0 amide bonds. The maximum absolute atomic E-state index is 6.17. The van der Waals surface area contributed by atoms with Crippen molar-refractivity contribution in [3.05, 3.63) is 64.2 Å². The van der Waals surface area contributed by atoms with Crippen LogP contribution in [0.15, 0.2) is 42.5 Å². The Morgan fingerprint density at radius 1 is 1.05 bits per heavy atom. The van der Waals surface area contributed by atoms with E-state index in [0.29, 0.717) is 11.8 Å². The van der Waals surface area contributed by atoms with Gasteiger partial charge in [-0.1, -0.05) is 41.4 Å². The number of halogens is 2. The van der Waals surface area contributed by atoms with Crippen molar-refractivity contribution in [2.24, 2.45) is 5.92 Å². The Balaban J connectivity index is 2.11. The molecular formula is C18H20Cl2O. The minimum Gasteiger partial charge on any atom is -0.496 e. The number of methoxy groups -OCH3 is 1. The van der Waals surface area contributed by atoms with E-state index < -0.39 is 0 Å². The Bertz CT molecular complexity index is 578. The molecule has 3 heteroatoms. The van der Waals surface area contributed by atoms with Crippen molar-refractivity contribution in [1.82, 2.24) is 0 Å². The van der Waals surface area contributed by atoms with Gasteiger partial charge in [-0.25, -0.2) is 0 Å². The highest BCUT2D eigenvalue weighted by molar-refractivity contribution is 6.30. The van der Waals surface area contributed by atoms with Crippen molar-refractivity contribution in [1.29, 1.82) is 0 Å². The molecule has 0 heterocycles. The predicted molar refractivity (Wildman–Crippen MR) is 90.8 cm³/mol. The molecule has 0 aromatic heterocycles. The average Bonchev–Trinajstić information content (AvgIpc) is 2.49. The fourth-order valence-corrected chi connectivity index (χ4v) is 2.86. The highest BCUT2D eigenvalue weighted by Gasteiger charge is 2.13. The van der Waals surface area contributed by atoms with Gasteiger partial charge in [-0.3, -0.25) is 0 Å². The second kappa shape index (κ2) is 7.72. The molecule has 2 aromatic rings. The lowest BCUT2D eigenvalue weighted by molar-refractivity contribution is 0.405. The van der Waals surface area contributed by atoms with Gasteiger partial charge >= 0.3 is 0 Å². The fraction of sp³-hybridized carbons (Fsp3) is 0.333. The van der Waals surface area contributed by atoms with Gasteiger partial charge in [0.05, 0.1) is 7.11 Å². The van der Waals surface area contributed by atoms with Crippen LogP contribution in [-0.4, -0.2) is 13.0 Å². The maximum Gasteiger partial charge on any atom is 0.122 e. The summed E-state index contributed by atoms with van der Waals surface area (Å²) >= 11 is 12.1. The fourth-order valence-electron chi connectivity index (χ4n) is 2.51. The molecule has 0 spiro atoms. The van der Waals surface area contributed by atoms with E-state index in [9.17, 15) is 0 Å². The van der Waals surface area contributed by atoms with E-state index in [1.165, 1.54) is 16.7 Å². The Kier molecular flexibility index (Phi) is 5.96. The summed E-state index contributed by atoms with van der Waals surface area (Å²) in [6, 6.07) is 14.3. The van der Waals surface area contributed by atoms with E-state index in [0.717, 1.165) is 23.6 Å². The standard InChI is InChI=1S/C18H20Cl2O/c1-13-3-8-18(21-2)16(9-13)11-15(12-19)10-14-4-6-17(20)7-5-14/h3-9,15H,10-12H2,1-2H3. The van der Waals surface area contributed by atoms with Gasteiger partial charge in [0.15, 0.2) is 0 Å². The molecule has 1 atom stereocenters. The summed E-state index contributed by atoms with van der Waals surface area (Å²) in [5.74, 6) is 1.94. The number of alkyl halides is 1. The van der Waals surface area contributed by atoms with E-state index in [1.54, 1.807) is 7.11 Å².